The molecule has 2 aromatic heterocycles. The van der Waals surface area contributed by atoms with E-state index in [1.165, 1.54) is 4.31 Å². The summed E-state index contributed by atoms with van der Waals surface area (Å²) in [5.74, 6) is 0.0269. The molecule has 1 saturated heterocycles. The van der Waals surface area contributed by atoms with Crippen molar-refractivity contribution in [2.75, 3.05) is 25.4 Å². The molecule has 1 atom stereocenters. The van der Waals surface area contributed by atoms with Crippen LogP contribution in [0.3, 0.4) is 0 Å². The molecule has 0 saturated carbocycles. The third-order valence-electron chi connectivity index (χ3n) is 3.87. The fourth-order valence-electron chi connectivity index (χ4n) is 2.72. The van der Waals surface area contributed by atoms with Gasteiger partial charge in [0.15, 0.2) is 0 Å². The van der Waals surface area contributed by atoms with Gasteiger partial charge in [0.1, 0.15) is 10.7 Å². The molecule has 0 bridgehead atoms. The predicted octanol–water partition coefficient (Wildman–Crippen LogP) is 1.12. The van der Waals surface area contributed by atoms with Crippen LogP contribution in [0.5, 0.6) is 0 Å². The number of nitrogens with one attached hydrogen (secondary N) is 1. The van der Waals surface area contributed by atoms with Gasteiger partial charge in [-0.15, -0.1) is 12.4 Å². The summed E-state index contributed by atoms with van der Waals surface area (Å²) in [6.07, 6.45) is 4.92. The summed E-state index contributed by atoms with van der Waals surface area (Å²) in [6.45, 7) is 3.29. The zero-order valence-electron chi connectivity index (χ0n) is 13.2. The van der Waals surface area contributed by atoms with Crippen molar-refractivity contribution in [3.8, 4) is 0 Å². The zero-order chi connectivity index (χ0) is 16.4. The number of piperazine rings is 1. The molecular formula is C15H20ClN5O2S. The first kappa shape index (κ1) is 18.6. The van der Waals surface area contributed by atoms with Gasteiger partial charge in [-0.3, -0.25) is 4.98 Å². The Morgan fingerprint density at radius 3 is 2.88 bits per heavy atom. The zero-order valence-corrected chi connectivity index (χ0v) is 14.8. The van der Waals surface area contributed by atoms with Crippen LogP contribution in [0.2, 0.25) is 0 Å². The molecule has 130 valence electrons. The molecule has 1 fully saturated rings. The van der Waals surface area contributed by atoms with Gasteiger partial charge in [0.2, 0.25) is 10.0 Å². The molecule has 1 aliphatic rings. The van der Waals surface area contributed by atoms with Crippen LogP contribution in [0.1, 0.15) is 17.2 Å². The minimum absolute atomic E-state index is 0. The molecule has 0 radical (unpaired) electrons. The Labute approximate surface area is 147 Å². The molecule has 0 aromatic carbocycles. The number of pyridine rings is 2. The Kier molecular flexibility index (Phi) is 5.76. The highest BCUT2D eigenvalue weighted by Crippen LogP contribution is 2.30. The van der Waals surface area contributed by atoms with Crippen LogP contribution in [0.15, 0.2) is 41.7 Å². The van der Waals surface area contributed by atoms with E-state index in [1.54, 1.807) is 37.6 Å². The van der Waals surface area contributed by atoms with Gasteiger partial charge in [0, 0.05) is 38.2 Å². The molecular weight excluding hydrogens is 350 g/mol. The van der Waals surface area contributed by atoms with Gasteiger partial charge in [0.25, 0.3) is 0 Å². The van der Waals surface area contributed by atoms with Gasteiger partial charge in [0.05, 0.1) is 6.04 Å². The maximum absolute atomic E-state index is 13.1. The Hall–Kier alpha value is -1.74. The van der Waals surface area contributed by atoms with Crippen LogP contribution in [-0.2, 0) is 10.0 Å². The molecule has 2 aromatic rings. The Bertz CT molecular complexity index is 801. The summed E-state index contributed by atoms with van der Waals surface area (Å²) in [4.78, 5) is 8.14. The van der Waals surface area contributed by atoms with E-state index in [0.29, 0.717) is 19.6 Å². The second-order valence-electron chi connectivity index (χ2n) is 5.52. The third-order valence-corrected chi connectivity index (χ3v) is 5.81. The highest BCUT2D eigenvalue weighted by atomic mass is 35.5. The summed E-state index contributed by atoms with van der Waals surface area (Å²) < 4.78 is 27.7. The van der Waals surface area contributed by atoms with Gasteiger partial charge in [-0.1, -0.05) is 6.07 Å². The molecule has 1 unspecified atom stereocenters. The average molecular weight is 370 g/mol. The molecule has 7 nitrogen and oxygen atoms in total. The maximum atomic E-state index is 13.1. The second-order valence-corrected chi connectivity index (χ2v) is 7.38. The SMILES string of the molecule is Cc1cnc(N)c(S(=O)(=O)N2CCNCC2c2cccnc2)c1.Cl. The molecule has 0 aliphatic carbocycles. The smallest absolute Gasteiger partial charge is 0.247 e. The minimum Gasteiger partial charge on any atom is -0.383 e. The first-order valence-corrected chi connectivity index (χ1v) is 8.79. The summed E-state index contributed by atoms with van der Waals surface area (Å²) in [5.41, 5.74) is 7.43. The molecule has 0 spiro atoms. The number of sulfonamides is 1. The van der Waals surface area contributed by atoms with Gasteiger partial charge in [-0.05, 0) is 30.2 Å². The van der Waals surface area contributed by atoms with E-state index in [9.17, 15) is 8.42 Å². The largest absolute Gasteiger partial charge is 0.383 e. The topological polar surface area (TPSA) is 101 Å². The normalized spacial score (nSPS) is 18.8. The second kappa shape index (κ2) is 7.43. The van der Waals surface area contributed by atoms with Gasteiger partial charge in [-0.25, -0.2) is 13.4 Å². The van der Waals surface area contributed by atoms with Crippen LogP contribution < -0.4 is 11.1 Å². The quantitative estimate of drug-likeness (QED) is 0.840. The van der Waals surface area contributed by atoms with Gasteiger partial charge < -0.3 is 11.1 Å². The van der Waals surface area contributed by atoms with E-state index < -0.39 is 10.0 Å². The van der Waals surface area contributed by atoms with E-state index in [-0.39, 0.29) is 29.2 Å². The monoisotopic (exact) mass is 369 g/mol. The number of nitrogen functional groups attached to an aromatic ring is 1. The van der Waals surface area contributed by atoms with Gasteiger partial charge in [-0.2, -0.15) is 4.31 Å². The summed E-state index contributed by atoms with van der Waals surface area (Å²) >= 11 is 0. The number of hydrogen-bond acceptors (Lipinski definition) is 6. The van der Waals surface area contributed by atoms with E-state index in [1.807, 2.05) is 6.07 Å². The van der Waals surface area contributed by atoms with Crippen molar-refractivity contribution in [2.24, 2.45) is 0 Å². The number of nitrogens with zero attached hydrogens (tertiary/aromatic N) is 3. The number of hydrogen-bond donors (Lipinski definition) is 2. The molecule has 1 aliphatic heterocycles. The average Bonchev–Trinajstić information content (AvgIpc) is 2.58. The highest BCUT2D eigenvalue weighted by molar-refractivity contribution is 7.89. The molecule has 24 heavy (non-hydrogen) atoms. The number of aromatic nitrogens is 2. The van der Waals surface area contributed by atoms with Crippen LogP contribution in [0.25, 0.3) is 0 Å². The summed E-state index contributed by atoms with van der Waals surface area (Å²) in [5, 5.41) is 3.23. The van der Waals surface area contributed by atoms with Crippen LogP contribution in [0, 0.1) is 6.92 Å². The molecule has 0 amide bonds. The molecule has 9 heteroatoms. The van der Waals surface area contributed by atoms with E-state index in [0.717, 1.165) is 11.1 Å². The van der Waals surface area contributed by atoms with E-state index in [4.69, 9.17) is 5.73 Å². The van der Waals surface area contributed by atoms with Crippen molar-refractivity contribution >= 4 is 28.2 Å². The number of nitrogens with two attached hydrogens (primary N) is 1. The van der Waals surface area contributed by atoms with Crippen molar-refractivity contribution in [3.05, 3.63) is 47.9 Å². The van der Waals surface area contributed by atoms with Crippen molar-refractivity contribution < 1.29 is 8.42 Å². The lowest BCUT2D eigenvalue weighted by Gasteiger charge is -2.35. The molecule has 3 rings (SSSR count). The summed E-state index contributed by atoms with van der Waals surface area (Å²) in [7, 11) is -3.73. The lowest BCUT2D eigenvalue weighted by atomic mass is 10.1. The van der Waals surface area contributed by atoms with Crippen molar-refractivity contribution in [1.29, 1.82) is 0 Å². The number of rotatable bonds is 3. The first-order chi connectivity index (χ1) is 11.0. The number of halogens is 1. The van der Waals surface area contributed by atoms with Crippen molar-refractivity contribution in [3.63, 3.8) is 0 Å². The summed E-state index contributed by atoms with van der Waals surface area (Å²) in [6, 6.07) is 4.94. The lowest BCUT2D eigenvalue weighted by Crippen LogP contribution is -2.48. The highest BCUT2D eigenvalue weighted by Gasteiger charge is 2.35. The van der Waals surface area contributed by atoms with E-state index >= 15 is 0 Å². The lowest BCUT2D eigenvalue weighted by molar-refractivity contribution is 0.271. The Morgan fingerprint density at radius 1 is 1.38 bits per heavy atom. The van der Waals surface area contributed by atoms with Crippen molar-refractivity contribution in [2.45, 2.75) is 17.9 Å². The first-order valence-electron chi connectivity index (χ1n) is 7.35. The van der Waals surface area contributed by atoms with Crippen LogP contribution in [-0.4, -0.2) is 42.3 Å². The predicted molar refractivity (Wildman–Crippen MR) is 94.4 cm³/mol. The Morgan fingerprint density at radius 2 is 2.17 bits per heavy atom. The fraction of sp³-hybridized carbons (Fsp3) is 0.333. The van der Waals surface area contributed by atoms with Crippen LogP contribution in [0.4, 0.5) is 5.82 Å². The van der Waals surface area contributed by atoms with E-state index in [2.05, 4.69) is 15.3 Å². The number of anilines is 1. The van der Waals surface area contributed by atoms with Crippen LogP contribution >= 0.6 is 12.4 Å². The maximum Gasteiger partial charge on any atom is 0.247 e. The third kappa shape index (κ3) is 3.51. The standard InChI is InChI=1S/C15H19N5O2S.ClH/c1-11-7-14(15(16)19-8-11)23(21,22)20-6-5-18-10-13(20)12-3-2-4-17-9-12;/h2-4,7-9,13,18H,5-6,10H2,1H3,(H2,16,19);1H. The van der Waals surface area contributed by atoms with Gasteiger partial charge >= 0.3 is 0 Å². The fourth-order valence-corrected chi connectivity index (χ4v) is 4.48. The number of aryl methyl sites for hydroxylation is 1. The molecule has 3 N–H and O–H groups in total. The Balaban J connectivity index is 0.00000208. The minimum atomic E-state index is -3.73. The van der Waals surface area contributed by atoms with Crippen molar-refractivity contribution in [1.82, 2.24) is 19.6 Å². The molecule has 3 heterocycles.